The third kappa shape index (κ3) is 4.25. The average molecular weight is 298 g/mol. The van der Waals surface area contributed by atoms with Gasteiger partial charge >= 0.3 is 0 Å². The minimum atomic E-state index is 0.580. The van der Waals surface area contributed by atoms with E-state index in [1.165, 1.54) is 4.88 Å². The molecule has 0 saturated heterocycles. The van der Waals surface area contributed by atoms with Crippen molar-refractivity contribution < 1.29 is 0 Å². The van der Waals surface area contributed by atoms with Crippen molar-refractivity contribution in [3.8, 4) is 0 Å². The number of rotatable bonds is 4. The zero-order chi connectivity index (χ0) is 12.8. The van der Waals surface area contributed by atoms with Gasteiger partial charge in [-0.05, 0) is 42.9 Å². The first-order chi connectivity index (χ1) is 8.74. The summed E-state index contributed by atoms with van der Waals surface area (Å²) in [5.41, 5.74) is 0. The zero-order valence-corrected chi connectivity index (χ0v) is 11.9. The summed E-state index contributed by atoms with van der Waals surface area (Å²) in [4.78, 5) is 5.38. The van der Waals surface area contributed by atoms with Crippen LogP contribution in [0.15, 0.2) is 36.5 Å². The lowest BCUT2D eigenvalue weighted by molar-refractivity contribution is 0.884. The highest BCUT2D eigenvalue weighted by molar-refractivity contribution is 7.80. The highest BCUT2D eigenvalue weighted by Gasteiger charge is 2.00. The molecule has 0 amide bonds. The molecule has 6 heteroatoms. The first kappa shape index (κ1) is 13.3. The molecule has 18 heavy (non-hydrogen) atoms. The number of nitrogens with zero attached hydrogens (tertiary/aromatic N) is 1. The van der Waals surface area contributed by atoms with Crippen molar-refractivity contribution in [2.75, 3.05) is 11.9 Å². The summed E-state index contributed by atoms with van der Waals surface area (Å²) in [6.45, 7) is 0.773. The molecule has 2 aromatic heterocycles. The van der Waals surface area contributed by atoms with E-state index in [0.29, 0.717) is 5.11 Å². The Morgan fingerprint density at radius 3 is 2.89 bits per heavy atom. The van der Waals surface area contributed by atoms with Crippen molar-refractivity contribution in [3.05, 3.63) is 45.7 Å². The molecule has 2 heterocycles. The summed E-state index contributed by atoms with van der Waals surface area (Å²) in [6, 6.07) is 9.58. The minimum Gasteiger partial charge on any atom is -0.362 e. The fraction of sp³-hybridized carbons (Fsp3) is 0.167. The summed E-state index contributed by atoms with van der Waals surface area (Å²) in [7, 11) is 0. The lowest BCUT2D eigenvalue weighted by Crippen LogP contribution is -2.30. The van der Waals surface area contributed by atoms with E-state index in [0.717, 1.165) is 23.1 Å². The Bertz CT molecular complexity index is 513. The van der Waals surface area contributed by atoms with Crippen LogP contribution in [0, 0.1) is 0 Å². The molecule has 2 rings (SSSR count). The predicted octanol–water partition coefficient (Wildman–Crippen LogP) is 3.33. The molecule has 94 valence electrons. The lowest BCUT2D eigenvalue weighted by Gasteiger charge is -2.08. The largest absolute Gasteiger partial charge is 0.362 e. The van der Waals surface area contributed by atoms with Gasteiger partial charge in [-0.3, -0.25) is 0 Å². The van der Waals surface area contributed by atoms with Crippen molar-refractivity contribution in [3.63, 3.8) is 0 Å². The number of thiocarbonyl (C=S) groups is 1. The van der Waals surface area contributed by atoms with Crippen LogP contribution in [0.3, 0.4) is 0 Å². The topological polar surface area (TPSA) is 37.0 Å². The molecule has 0 saturated carbocycles. The molecule has 0 atom stereocenters. The fourth-order valence-electron chi connectivity index (χ4n) is 1.38. The molecule has 0 aliphatic rings. The maximum absolute atomic E-state index is 5.86. The molecule has 0 radical (unpaired) electrons. The van der Waals surface area contributed by atoms with Gasteiger partial charge in [0.2, 0.25) is 0 Å². The first-order valence-electron chi connectivity index (χ1n) is 5.44. The van der Waals surface area contributed by atoms with Crippen LogP contribution in [0.2, 0.25) is 4.34 Å². The SMILES string of the molecule is S=C(NCCc1ccc(Cl)s1)Nc1ccccn1. The average Bonchev–Trinajstić information content (AvgIpc) is 2.76. The molecule has 0 fully saturated rings. The fourth-order valence-corrected chi connectivity index (χ4v) is 2.68. The third-order valence-corrected chi connectivity index (χ3v) is 3.73. The summed E-state index contributed by atoms with van der Waals surface area (Å²) in [5, 5.41) is 6.73. The molecule has 0 bridgehead atoms. The van der Waals surface area contributed by atoms with E-state index in [1.807, 2.05) is 30.3 Å². The molecule has 2 N–H and O–H groups in total. The van der Waals surface area contributed by atoms with E-state index in [1.54, 1.807) is 17.5 Å². The number of halogens is 1. The summed E-state index contributed by atoms with van der Waals surface area (Å²) in [5.74, 6) is 0.745. The highest BCUT2D eigenvalue weighted by Crippen LogP contribution is 2.21. The van der Waals surface area contributed by atoms with Gasteiger partial charge in [-0.15, -0.1) is 11.3 Å². The summed E-state index contributed by atoms with van der Waals surface area (Å²) >= 11 is 12.6. The maximum atomic E-state index is 5.86. The van der Waals surface area contributed by atoms with Crippen molar-refractivity contribution in [1.82, 2.24) is 10.3 Å². The Balaban J connectivity index is 1.72. The highest BCUT2D eigenvalue weighted by atomic mass is 35.5. The summed E-state index contributed by atoms with van der Waals surface area (Å²) < 4.78 is 0.819. The van der Waals surface area contributed by atoms with E-state index in [-0.39, 0.29) is 0 Å². The number of anilines is 1. The molecule has 0 spiro atoms. The normalized spacial score (nSPS) is 10.1. The van der Waals surface area contributed by atoms with Crippen LogP contribution in [0.25, 0.3) is 0 Å². The van der Waals surface area contributed by atoms with Gasteiger partial charge in [-0.2, -0.15) is 0 Å². The number of nitrogens with one attached hydrogen (secondary N) is 2. The van der Waals surface area contributed by atoms with Crippen molar-refractivity contribution >= 4 is 46.1 Å². The van der Waals surface area contributed by atoms with Crippen LogP contribution < -0.4 is 10.6 Å². The second-order valence-corrected chi connectivity index (χ2v) is 5.76. The van der Waals surface area contributed by atoms with E-state index in [2.05, 4.69) is 15.6 Å². The number of aromatic nitrogens is 1. The van der Waals surface area contributed by atoms with E-state index in [9.17, 15) is 0 Å². The number of hydrogen-bond acceptors (Lipinski definition) is 3. The second kappa shape index (κ2) is 6.68. The quantitative estimate of drug-likeness (QED) is 0.849. The van der Waals surface area contributed by atoms with Gasteiger partial charge < -0.3 is 10.6 Å². The predicted molar refractivity (Wildman–Crippen MR) is 81.5 cm³/mol. The number of hydrogen-bond donors (Lipinski definition) is 2. The molecule has 0 unspecified atom stereocenters. The van der Waals surface area contributed by atoms with Gasteiger partial charge in [0.15, 0.2) is 5.11 Å². The van der Waals surface area contributed by atoms with Crippen LogP contribution in [-0.2, 0) is 6.42 Å². The monoisotopic (exact) mass is 297 g/mol. The molecular weight excluding hydrogens is 286 g/mol. The van der Waals surface area contributed by atoms with Crippen molar-refractivity contribution in [2.24, 2.45) is 0 Å². The van der Waals surface area contributed by atoms with Crippen LogP contribution in [0.1, 0.15) is 4.88 Å². The van der Waals surface area contributed by atoms with E-state index in [4.69, 9.17) is 23.8 Å². The first-order valence-corrected chi connectivity index (χ1v) is 7.04. The van der Waals surface area contributed by atoms with E-state index < -0.39 is 0 Å². The number of thiophene rings is 1. The van der Waals surface area contributed by atoms with Gasteiger partial charge in [0.25, 0.3) is 0 Å². The Hall–Kier alpha value is -1.17. The van der Waals surface area contributed by atoms with Gasteiger partial charge in [-0.25, -0.2) is 4.98 Å². The van der Waals surface area contributed by atoms with E-state index >= 15 is 0 Å². The van der Waals surface area contributed by atoms with Gasteiger partial charge in [-0.1, -0.05) is 17.7 Å². The molecule has 2 aromatic rings. The van der Waals surface area contributed by atoms with Crippen molar-refractivity contribution in [1.29, 1.82) is 0 Å². The van der Waals surface area contributed by atoms with Crippen molar-refractivity contribution in [2.45, 2.75) is 6.42 Å². The molecule has 0 aliphatic carbocycles. The van der Waals surface area contributed by atoms with Crippen LogP contribution in [0.4, 0.5) is 5.82 Å². The van der Waals surface area contributed by atoms with Crippen LogP contribution >= 0.6 is 35.2 Å². The smallest absolute Gasteiger partial charge is 0.171 e. The molecule has 0 aliphatic heterocycles. The zero-order valence-electron chi connectivity index (χ0n) is 9.52. The molecule has 3 nitrogen and oxygen atoms in total. The second-order valence-electron chi connectivity index (χ2n) is 3.55. The lowest BCUT2D eigenvalue weighted by atomic mass is 10.3. The maximum Gasteiger partial charge on any atom is 0.171 e. The van der Waals surface area contributed by atoms with Crippen LogP contribution in [0.5, 0.6) is 0 Å². The number of pyridine rings is 1. The third-order valence-electron chi connectivity index (χ3n) is 2.19. The standard InChI is InChI=1S/C12H12ClN3S2/c13-10-5-4-9(18-10)6-8-15-12(17)16-11-3-1-2-7-14-11/h1-5,7H,6,8H2,(H2,14,15,16,17). The Morgan fingerprint density at radius 1 is 1.33 bits per heavy atom. The Morgan fingerprint density at radius 2 is 2.22 bits per heavy atom. The van der Waals surface area contributed by atoms with Crippen LogP contribution in [-0.4, -0.2) is 16.6 Å². The van der Waals surface area contributed by atoms with Gasteiger partial charge in [0.05, 0.1) is 4.34 Å². The molecule has 0 aromatic carbocycles. The Labute approximate surface area is 120 Å². The molecular formula is C12H12ClN3S2. The van der Waals surface area contributed by atoms with Gasteiger partial charge in [0.1, 0.15) is 5.82 Å². The summed E-state index contributed by atoms with van der Waals surface area (Å²) in [6.07, 6.45) is 2.63. The Kier molecular flexibility index (Phi) is 4.92. The van der Waals surface area contributed by atoms with Gasteiger partial charge in [0, 0.05) is 17.6 Å². The minimum absolute atomic E-state index is 0.580.